The highest BCUT2D eigenvalue weighted by Gasteiger charge is 2.29. The second kappa shape index (κ2) is 9.06. The molecule has 2 aliphatic heterocycles. The maximum atomic E-state index is 12.5. The fourth-order valence-corrected chi connectivity index (χ4v) is 4.36. The Bertz CT molecular complexity index is 738. The molecule has 3 rings (SSSR count). The number of benzene rings is 1. The molecule has 0 radical (unpaired) electrons. The first-order chi connectivity index (χ1) is 13.7. The van der Waals surface area contributed by atoms with Crippen molar-refractivity contribution in [3.05, 3.63) is 28.3 Å². The van der Waals surface area contributed by atoms with Crippen LogP contribution in [0.5, 0.6) is 0 Å². The number of hydrogen-bond acceptors (Lipinski definition) is 6. The average molecular weight is 407 g/mol. The third-order valence-corrected chi connectivity index (χ3v) is 5.24. The minimum atomic E-state index is -0.396. The highest BCUT2D eigenvalue weighted by molar-refractivity contribution is 5.92. The molecule has 1 amide bonds. The van der Waals surface area contributed by atoms with Crippen molar-refractivity contribution >= 4 is 23.0 Å². The second-order valence-corrected chi connectivity index (χ2v) is 8.26. The zero-order valence-corrected chi connectivity index (χ0v) is 17.5. The van der Waals surface area contributed by atoms with Gasteiger partial charge in [0.1, 0.15) is 31.0 Å². The van der Waals surface area contributed by atoms with Gasteiger partial charge in [-0.2, -0.15) is 0 Å². The summed E-state index contributed by atoms with van der Waals surface area (Å²) in [7, 11) is 0. The predicted octanol–water partition coefficient (Wildman–Crippen LogP) is 0.839. The number of nitrogens with zero attached hydrogens (tertiary/aromatic N) is 2. The molecule has 160 valence electrons. The summed E-state index contributed by atoms with van der Waals surface area (Å²) in [5, 5.41) is 14.5. The minimum absolute atomic E-state index is 0.000913. The van der Waals surface area contributed by atoms with Gasteiger partial charge in [0.15, 0.2) is 6.54 Å². The van der Waals surface area contributed by atoms with Crippen LogP contribution in [0, 0.1) is 10.1 Å². The highest BCUT2D eigenvalue weighted by Crippen LogP contribution is 2.33. The number of nitro benzene ring substituents is 1. The maximum absolute atomic E-state index is 12.5. The van der Waals surface area contributed by atoms with E-state index >= 15 is 0 Å². The fraction of sp³-hybridized carbons (Fsp3) is 0.650. The summed E-state index contributed by atoms with van der Waals surface area (Å²) in [4.78, 5) is 26.9. The van der Waals surface area contributed by atoms with Gasteiger partial charge in [0, 0.05) is 24.8 Å². The van der Waals surface area contributed by atoms with Crippen molar-refractivity contribution in [1.82, 2.24) is 0 Å². The zero-order valence-electron chi connectivity index (χ0n) is 17.5. The number of morpholine rings is 2. The van der Waals surface area contributed by atoms with E-state index in [1.807, 2.05) is 32.6 Å². The van der Waals surface area contributed by atoms with Crippen LogP contribution >= 0.6 is 0 Å². The summed E-state index contributed by atoms with van der Waals surface area (Å²) >= 11 is 0. The lowest BCUT2D eigenvalue weighted by Gasteiger charge is -2.36. The van der Waals surface area contributed by atoms with Gasteiger partial charge in [-0.05, 0) is 39.8 Å². The molecule has 5 atom stereocenters. The topological polar surface area (TPSA) is 98.4 Å². The molecule has 0 spiro atoms. The second-order valence-electron chi connectivity index (χ2n) is 8.26. The standard InChI is InChI=1S/C20H30N4O5/c1-13-8-22(9-14(2)28-13)12-20(25)21-17-5-6-18(19(7-17)24(26)27)23-10-15(3)29-16(4)11-23/h5-7,13-16H,8-12H2,1-4H3,(H,21,25)/p+1/t13-,14+,15-,16+. The number of hydrogen-bond donors (Lipinski definition) is 2. The quantitative estimate of drug-likeness (QED) is 0.554. The van der Waals surface area contributed by atoms with Crippen molar-refractivity contribution in [2.24, 2.45) is 0 Å². The lowest BCUT2D eigenvalue weighted by molar-refractivity contribution is -0.907. The fourth-order valence-electron chi connectivity index (χ4n) is 4.36. The van der Waals surface area contributed by atoms with Gasteiger partial charge >= 0.3 is 0 Å². The predicted molar refractivity (Wildman–Crippen MR) is 110 cm³/mol. The Morgan fingerprint density at radius 1 is 1.14 bits per heavy atom. The average Bonchev–Trinajstić information content (AvgIpc) is 2.59. The molecule has 29 heavy (non-hydrogen) atoms. The van der Waals surface area contributed by atoms with Crippen molar-refractivity contribution in [3.63, 3.8) is 0 Å². The molecule has 1 aromatic rings. The molecular formula is C20H31N4O5+. The summed E-state index contributed by atoms with van der Waals surface area (Å²) in [5.74, 6) is -0.156. The number of nitro groups is 1. The van der Waals surface area contributed by atoms with E-state index in [2.05, 4.69) is 5.32 Å². The monoisotopic (exact) mass is 407 g/mol. The van der Waals surface area contributed by atoms with Gasteiger partial charge in [0.2, 0.25) is 0 Å². The number of quaternary nitrogens is 1. The van der Waals surface area contributed by atoms with E-state index < -0.39 is 4.92 Å². The van der Waals surface area contributed by atoms with E-state index in [9.17, 15) is 14.9 Å². The van der Waals surface area contributed by atoms with Gasteiger partial charge in [-0.1, -0.05) is 0 Å². The van der Waals surface area contributed by atoms with Crippen molar-refractivity contribution < 1.29 is 24.1 Å². The van der Waals surface area contributed by atoms with E-state index in [4.69, 9.17) is 9.47 Å². The molecule has 0 bridgehead atoms. The summed E-state index contributed by atoms with van der Waals surface area (Å²) < 4.78 is 11.4. The van der Waals surface area contributed by atoms with Crippen molar-refractivity contribution in [2.45, 2.75) is 52.1 Å². The van der Waals surface area contributed by atoms with Crippen LogP contribution in [-0.2, 0) is 14.3 Å². The van der Waals surface area contributed by atoms with Crippen molar-refractivity contribution in [3.8, 4) is 0 Å². The summed E-state index contributed by atoms with van der Waals surface area (Å²) in [6.07, 6.45) is 0.221. The normalized spacial score (nSPS) is 30.1. The van der Waals surface area contributed by atoms with E-state index in [1.54, 1.807) is 12.1 Å². The minimum Gasteiger partial charge on any atom is -0.372 e. The molecule has 2 N–H and O–H groups in total. The first-order valence-electron chi connectivity index (χ1n) is 10.2. The Balaban J connectivity index is 1.69. The van der Waals surface area contributed by atoms with E-state index in [1.165, 1.54) is 6.07 Å². The molecule has 0 saturated carbocycles. The van der Waals surface area contributed by atoms with Crippen LogP contribution in [0.2, 0.25) is 0 Å². The van der Waals surface area contributed by atoms with Crippen LogP contribution in [0.15, 0.2) is 18.2 Å². The number of carbonyl (C=O) groups is 1. The summed E-state index contributed by atoms with van der Waals surface area (Å²) in [5.41, 5.74) is 0.982. The van der Waals surface area contributed by atoms with Crippen molar-refractivity contribution in [2.75, 3.05) is 42.9 Å². The SMILES string of the molecule is C[C@@H]1CN(c2ccc(NC(=O)C[NH+]3C[C@@H](C)O[C@@H](C)C3)cc2[N+](=O)[O-])C[C@H](C)O1. The van der Waals surface area contributed by atoms with E-state index in [0.29, 0.717) is 31.0 Å². The molecule has 9 heteroatoms. The molecule has 0 aliphatic carbocycles. The summed E-state index contributed by atoms with van der Waals surface area (Å²) in [6.45, 7) is 10.9. The maximum Gasteiger partial charge on any atom is 0.294 e. The van der Waals surface area contributed by atoms with Gasteiger partial charge in [0.05, 0.1) is 17.1 Å². The number of carbonyl (C=O) groups excluding carboxylic acids is 1. The van der Waals surface area contributed by atoms with Gasteiger partial charge < -0.3 is 24.6 Å². The lowest BCUT2D eigenvalue weighted by atomic mass is 10.1. The first-order valence-corrected chi connectivity index (χ1v) is 10.2. The zero-order chi connectivity index (χ0) is 21.1. The summed E-state index contributed by atoms with van der Waals surface area (Å²) in [6, 6.07) is 4.88. The van der Waals surface area contributed by atoms with Crippen LogP contribution in [-0.4, -0.2) is 68.0 Å². The molecule has 2 saturated heterocycles. The first kappa shape index (κ1) is 21.5. The Hall–Kier alpha value is -2.23. The molecule has 2 fully saturated rings. The smallest absolute Gasteiger partial charge is 0.294 e. The number of ether oxygens (including phenoxy) is 2. The Kier molecular flexibility index (Phi) is 6.71. The van der Waals surface area contributed by atoms with Crippen LogP contribution < -0.4 is 15.1 Å². The van der Waals surface area contributed by atoms with Gasteiger partial charge in [0.25, 0.3) is 11.6 Å². The van der Waals surface area contributed by atoms with E-state index in [-0.39, 0.29) is 36.0 Å². The molecule has 1 aromatic carbocycles. The molecule has 2 heterocycles. The molecule has 9 nitrogen and oxygen atoms in total. The Labute approximate surface area is 171 Å². The molecule has 2 aliphatic rings. The highest BCUT2D eigenvalue weighted by atomic mass is 16.6. The Morgan fingerprint density at radius 3 is 2.31 bits per heavy atom. The van der Waals surface area contributed by atoms with Crippen molar-refractivity contribution in [1.29, 1.82) is 0 Å². The van der Waals surface area contributed by atoms with Crippen LogP contribution in [0.25, 0.3) is 0 Å². The number of rotatable bonds is 5. The van der Waals surface area contributed by atoms with Crippen LogP contribution in [0.4, 0.5) is 17.1 Å². The van der Waals surface area contributed by atoms with Gasteiger partial charge in [-0.15, -0.1) is 0 Å². The molecular weight excluding hydrogens is 376 g/mol. The van der Waals surface area contributed by atoms with Gasteiger partial charge in [-0.3, -0.25) is 14.9 Å². The van der Waals surface area contributed by atoms with Gasteiger partial charge in [-0.25, -0.2) is 0 Å². The number of nitrogens with one attached hydrogen (secondary N) is 2. The van der Waals surface area contributed by atoms with Crippen LogP contribution in [0.1, 0.15) is 27.7 Å². The molecule has 1 unspecified atom stereocenters. The van der Waals surface area contributed by atoms with E-state index in [0.717, 1.165) is 18.0 Å². The Morgan fingerprint density at radius 2 is 1.72 bits per heavy atom. The number of amides is 1. The largest absolute Gasteiger partial charge is 0.372 e. The third kappa shape index (κ3) is 5.65. The number of anilines is 2. The molecule has 0 aromatic heterocycles. The third-order valence-electron chi connectivity index (χ3n) is 5.24. The lowest BCUT2D eigenvalue weighted by Crippen LogP contribution is -3.16. The van der Waals surface area contributed by atoms with Crippen LogP contribution in [0.3, 0.4) is 0 Å².